The summed E-state index contributed by atoms with van der Waals surface area (Å²) in [6, 6.07) is -1.08. The summed E-state index contributed by atoms with van der Waals surface area (Å²) in [6.45, 7) is 2.04. The first-order valence-electron chi connectivity index (χ1n) is 9.03. The molecule has 0 spiro atoms. The predicted molar refractivity (Wildman–Crippen MR) is 94.3 cm³/mol. The molecule has 1 aliphatic rings. The molecule has 1 rings (SSSR count). The Balaban J connectivity index is 2.67. The molecular weight excluding hydrogens is 376 g/mol. The van der Waals surface area contributed by atoms with Gasteiger partial charge >= 0.3 is 5.97 Å². The second-order valence-electron chi connectivity index (χ2n) is 7.22. The highest BCUT2D eigenvalue weighted by Crippen LogP contribution is 2.36. The van der Waals surface area contributed by atoms with Crippen molar-refractivity contribution in [3.63, 3.8) is 0 Å². The number of ketones is 1. The maximum atomic E-state index is 11.8. The van der Waals surface area contributed by atoms with Crippen LogP contribution in [0.15, 0.2) is 0 Å². The number of primary amides is 1. The van der Waals surface area contributed by atoms with Crippen molar-refractivity contribution < 1.29 is 44.3 Å². The Labute approximate surface area is 162 Å². The standard InChI is InChI=1S/C17H30N2O9/c1-8(20)15-12(23)6-17(26,9(2)21)28-13(15)5-10(22)7-27-16(25)11(18)3-4-14(19)24/h8,10-13,15,20,22-23,26H,3-7,18H2,1-2H3,(H2,19,24)/t8-,10+,11-,12?,13?,15?,17?/m1/s1. The minimum atomic E-state index is -2.23. The topological polar surface area (TPSA) is 203 Å². The van der Waals surface area contributed by atoms with Gasteiger partial charge < -0.3 is 41.4 Å². The largest absolute Gasteiger partial charge is 0.462 e. The number of nitrogens with two attached hydrogens (primary N) is 2. The van der Waals surface area contributed by atoms with Crippen molar-refractivity contribution in [3.05, 3.63) is 0 Å². The van der Waals surface area contributed by atoms with Crippen LogP contribution < -0.4 is 11.5 Å². The van der Waals surface area contributed by atoms with E-state index in [1.165, 1.54) is 6.92 Å². The van der Waals surface area contributed by atoms with Crippen molar-refractivity contribution >= 4 is 17.7 Å². The van der Waals surface area contributed by atoms with E-state index >= 15 is 0 Å². The molecule has 1 heterocycles. The van der Waals surface area contributed by atoms with Gasteiger partial charge in [0.2, 0.25) is 11.7 Å². The molecule has 0 saturated carbocycles. The first-order chi connectivity index (χ1) is 12.9. The van der Waals surface area contributed by atoms with Crippen molar-refractivity contribution in [2.45, 2.75) is 75.8 Å². The highest BCUT2D eigenvalue weighted by Gasteiger charge is 2.50. The molecule has 0 aromatic carbocycles. The van der Waals surface area contributed by atoms with Crippen LogP contribution in [0.2, 0.25) is 0 Å². The molecule has 4 unspecified atom stereocenters. The number of aliphatic hydroxyl groups excluding tert-OH is 3. The predicted octanol–water partition coefficient (Wildman–Crippen LogP) is -2.70. The first kappa shape index (κ1) is 24.4. The van der Waals surface area contributed by atoms with Gasteiger partial charge in [0.05, 0.1) is 24.4 Å². The van der Waals surface area contributed by atoms with Gasteiger partial charge in [-0.05, 0) is 13.3 Å². The molecule has 162 valence electrons. The Morgan fingerprint density at radius 3 is 2.43 bits per heavy atom. The molecule has 0 aliphatic carbocycles. The van der Waals surface area contributed by atoms with Crippen LogP contribution in [-0.4, -0.2) is 80.9 Å². The van der Waals surface area contributed by atoms with E-state index in [0.717, 1.165) is 6.92 Å². The number of hydrogen-bond acceptors (Lipinski definition) is 10. The summed E-state index contributed by atoms with van der Waals surface area (Å²) < 4.78 is 10.3. The Morgan fingerprint density at radius 2 is 1.93 bits per heavy atom. The number of carbonyl (C=O) groups is 3. The first-order valence-corrected chi connectivity index (χ1v) is 9.03. The molecule has 0 aromatic heterocycles. The molecule has 28 heavy (non-hydrogen) atoms. The Bertz CT molecular complexity index is 571. The van der Waals surface area contributed by atoms with Gasteiger partial charge in [-0.3, -0.25) is 14.4 Å². The van der Waals surface area contributed by atoms with Gasteiger partial charge in [-0.2, -0.15) is 0 Å². The van der Waals surface area contributed by atoms with E-state index in [4.69, 9.17) is 20.9 Å². The van der Waals surface area contributed by atoms with Crippen LogP contribution in [0.25, 0.3) is 0 Å². The average molecular weight is 406 g/mol. The number of ether oxygens (including phenoxy) is 2. The summed E-state index contributed by atoms with van der Waals surface area (Å²) in [5, 5.41) is 40.5. The third-order valence-corrected chi connectivity index (χ3v) is 4.74. The maximum absolute atomic E-state index is 11.8. The minimum Gasteiger partial charge on any atom is -0.462 e. The van der Waals surface area contributed by atoms with E-state index in [1.807, 2.05) is 0 Å². The summed E-state index contributed by atoms with van der Waals surface area (Å²) in [7, 11) is 0. The number of aliphatic hydroxyl groups is 4. The summed E-state index contributed by atoms with van der Waals surface area (Å²) in [5.41, 5.74) is 10.5. The Kier molecular flexibility index (Phi) is 8.92. The molecule has 8 N–H and O–H groups in total. The van der Waals surface area contributed by atoms with Crippen LogP contribution in [0.3, 0.4) is 0 Å². The summed E-state index contributed by atoms with van der Waals surface area (Å²) >= 11 is 0. The van der Waals surface area contributed by atoms with Gasteiger partial charge in [0.15, 0.2) is 5.78 Å². The van der Waals surface area contributed by atoms with Crippen molar-refractivity contribution in [2.75, 3.05) is 6.61 Å². The molecule has 11 nitrogen and oxygen atoms in total. The summed E-state index contributed by atoms with van der Waals surface area (Å²) in [4.78, 5) is 34.1. The Morgan fingerprint density at radius 1 is 1.32 bits per heavy atom. The molecule has 1 saturated heterocycles. The number of rotatable bonds is 10. The lowest BCUT2D eigenvalue weighted by molar-refractivity contribution is -0.285. The monoisotopic (exact) mass is 406 g/mol. The third kappa shape index (κ3) is 6.76. The van der Waals surface area contributed by atoms with Crippen LogP contribution in [0.5, 0.6) is 0 Å². The van der Waals surface area contributed by atoms with Gasteiger partial charge in [0, 0.05) is 32.1 Å². The van der Waals surface area contributed by atoms with Crippen LogP contribution >= 0.6 is 0 Å². The lowest BCUT2D eigenvalue weighted by atomic mass is 9.81. The van der Waals surface area contributed by atoms with E-state index < -0.39 is 72.9 Å². The normalized spacial score (nSPS) is 30.9. The number of Topliss-reactive ketones (excluding diaryl/α,β-unsaturated/α-hetero) is 1. The lowest BCUT2D eigenvalue weighted by Gasteiger charge is -2.44. The fraction of sp³-hybridized carbons (Fsp3) is 0.824. The van der Waals surface area contributed by atoms with E-state index in [1.54, 1.807) is 0 Å². The Hall–Kier alpha value is -1.63. The van der Waals surface area contributed by atoms with Gasteiger partial charge in [-0.25, -0.2) is 0 Å². The van der Waals surface area contributed by atoms with Gasteiger partial charge in [0.1, 0.15) is 12.6 Å². The fourth-order valence-corrected chi connectivity index (χ4v) is 3.15. The van der Waals surface area contributed by atoms with Gasteiger partial charge in [-0.15, -0.1) is 0 Å². The lowest BCUT2D eigenvalue weighted by Crippen LogP contribution is -2.58. The summed E-state index contributed by atoms with van der Waals surface area (Å²) in [5.74, 6) is -5.27. The van der Waals surface area contributed by atoms with Crippen molar-refractivity contribution in [1.82, 2.24) is 0 Å². The van der Waals surface area contributed by atoms with Crippen LogP contribution in [0, 0.1) is 5.92 Å². The number of hydrogen-bond donors (Lipinski definition) is 6. The molecule has 0 radical (unpaired) electrons. The van der Waals surface area contributed by atoms with E-state index in [2.05, 4.69) is 0 Å². The quantitative estimate of drug-likeness (QED) is 0.207. The van der Waals surface area contributed by atoms with Crippen molar-refractivity contribution in [2.24, 2.45) is 17.4 Å². The molecule has 0 bridgehead atoms. The highest BCUT2D eigenvalue weighted by atomic mass is 16.6. The molecule has 1 fully saturated rings. The summed E-state index contributed by atoms with van der Waals surface area (Å²) in [6.07, 6.45) is -5.38. The third-order valence-electron chi connectivity index (χ3n) is 4.74. The van der Waals surface area contributed by atoms with Crippen LogP contribution in [-0.2, 0) is 23.9 Å². The smallest absolute Gasteiger partial charge is 0.323 e. The minimum absolute atomic E-state index is 0.00205. The average Bonchev–Trinajstić information content (AvgIpc) is 2.56. The van der Waals surface area contributed by atoms with Crippen molar-refractivity contribution in [1.29, 1.82) is 0 Å². The van der Waals surface area contributed by atoms with E-state index in [-0.39, 0.29) is 19.3 Å². The van der Waals surface area contributed by atoms with Crippen LogP contribution in [0.1, 0.15) is 39.5 Å². The fourth-order valence-electron chi connectivity index (χ4n) is 3.15. The molecule has 11 heteroatoms. The molecule has 7 atom stereocenters. The molecular formula is C17H30N2O9. The molecule has 1 aliphatic heterocycles. The number of carbonyl (C=O) groups excluding carboxylic acids is 3. The highest BCUT2D eigenvalue weighted by molar-refractivity contribution is 5.83. The molecule has 1 amide bonds. The van der Waals surface area contributed by atoms with Crippen LogP contribution in [0.4, 0.5) is 0 Å². The zero-order chi connectivity index (χ0) is 21.6. The SMILES string of the molecule is CC(=O)C1(O)CC(O)C([C@@H](C)O)C(C[C@H](O)COC(=O)[C@H](N)CCC(N)=O)O1. The van der Waals surface area contributed by atoms with Gasteiger partial charge in [-0.1, -0.05) is 0 Å². The van der Waals surface area contributed by atoms with Gasteiger partial charge in [0.25, 0.3) is 0 Å². The zero-order valence-electron chi connectivity index (χ0n) is 16.0. The van der Waals surface area contributed by atoms with E-state index in [9.17, 15) is 34.8 Å². The second kappa shape index (κ2) is 10.2. The zero-order valence-corrected chi connectivity index (χ0v) is 16.0. The van der Waals surface area contributed by atoms with E-state index in [0.29, 0.717) is 0 Å². The van der Waals surface area contributed by atoms with Crippen molar-refractivity contribution in [3.8, 4) is 0 Å². The molecule has 0 aromatic rings. The number of amides is 1. The maximum Gasteiger partial charge on any atom is 0.323 e. The number of esters is 1. The second-order valence-corrected chi connectivity index (χ2v) is 7.22.